The van der Waals surface area contributed by atoms with Crippen molar-refractivity contribution in [2.45, 2.75) is 6.92 Å². The van der Waals surface area contributed by atoms with E-state index in [0.29, 0.717) is 10.8 Å². The van der Waals surface area contributed by atoms with E-state index in [1.807, 2.05) is 6.92 Å². The topological polar surface area (TPSA) is 55.0 Å². The van der Waals surface area contributed by atoms with Crippen molar-refractivity contribution in [1.82, 2.24) is 9.97 Å². The lowest BCUT2D eigenvalue weighted by Gasteiger charge is -2.08. The number of hydrogen-bond donors (Lipinski definition) is 1. The zero-order chi connectivity index (χ0) is 12.4. The van der Waals surface area contributed by atoms with Crippen molar-refractivity contribution in [3.05, 3.63) is 50.5 Å². The first-order valence-electron chi connectivity index (χ1n) is 4.75. The smallest absolute Gasteiger partial charge is 0.273 e. The van der Waals surface area contributed by atoms with Crippen LogP contribution in [-0.2, 0) is 0 Å². The Morgan fingerprint density at radius 2 is 2.12 bits per heavy atom. The monoisotopic (exact) mass is 270 g/mol. The van der Waals surface area contributed by atoms with Gasteiger partial charge in [0.2, 0.25) is 5.88 Å². The van der Waals surface area contributed by atoms with Gasteiger partial charge in [0.25, 0.3) is 5.56 Å². The summed E-state index contributed by atoms with van der Waals surface area (Å²) in [5.74, 6) is 0.621. The van der Waals surface area contributed by atoms with Crippen molar-refractivity contribution in [2.24, 2.45) is 0 Å². The molecule has 0 saturated carbocycles. The van der Waals surface area contributed by atoms with Gasteiger partial charge in [-0.15, -0.1) is 0 Å². The van der Waals surface area contributed by atoms with E-state index >= 15 is 0 Å². The quantitative estimate of drug-likeness (QED) is 0.912. The molecule has 0 fully saturated rings. The number of aromatic amines is 1. The van der Waals surface area contributed by atoms with Crippen molar-refractivity contribution in [1.29, 1.82) is 0 Å². The summed E-state index contributed by atoms with van der Waals surface area (Å²) in [7, 11) is 0. The lowest BCUT2D eigenvalue weighted by molar-refractivity contribution is 0.457. The van der Waals surface area contributed by atoms with Crippen LogP contribution in [0, 0.1) is 6.92 Å². The number of aromatic nitrogens is 2. The maximum atomic E-state index is 11.2. The van der Waals surface area contributed by atoms with Gasteiger partial charge in [0, 0.05) is 5.02 Å². The van der Waals surface area contributed by atoms with Crippen LogP contribution in [0.4, 0.5) is 0 Å². The van der Waals surface area contributed by atoms with E-state index in [1.165, 1.54) is 6.33 Å². The molecule has 88 valence electrons. The number of benzene rings is 1. The lowest BCUT2D eigenvalue weighted by Crippen LogP contribution is -2.08. The highest BCUT2D eigenvalue weighted by Gasteiger charge is 2.09. The molecular weight excluding hydrogens is 263 g/mol. The molecule has 6 heteroatoms. The van der Waals surface area contributed by atoms with E-state index in [-0.39, 0.29) is 10.9 Å². The molecule has 2 aromatic rings. The van der Waals surface area contributed by atoms with Crippen molar-refractivity contribution in [3.63, 3.8) is 0 Å². The van der Waals surface area contributed by atoms with Crippen molar-refractivity contribution in [3.8, 4) is 11.6 Å². The summed E-state index contributed by atoms with van der Waals surface area (Å²) in [6.07, 6.45) is 1.23. The van der Waals surface area contributed by atoms with Gasteiger partial charge in [-0.1, -0.05) is 23.2 Å². The lowest BCUT2D eigenvalue weighted by atomic mass is 10.2. The van der Waals surface area contributed by atoms with Gasteiger partial charge in [-0.3, -0.25) is 4.79 Å². The first-order chi connectivity index (χ1) is 8.08. The van der Waals surface area contributed by atoms with Gasteiger partial charge in [0.05, 0.1) is 6.33 Å². The highest BCUT2D eigenvalue weighted by molar-refractivity contribution is 6.31. The molecule has 0 unspecified atom stereocenters. The van der Waals surface area contributed by atoms with Crippen LogP contribution in [0.25, 0.3) is 0 Å². The normalized spacial score (nSPS) is 10.3. The van der Waals surface area contributed by atoms with Gasteiger partial charge in [0.15, 0.2) is 5.02 Å². The Bertz CT molecular complexity index is 611. The summed E-state index contributed by atoms with van der Waals surface area (Å²) >= 11 is 11.6. The molecule has 0 aliphatic rings. The van der Waals surface area contributed by atoms with E-state index in [0.717, 1.165) is 5.56 Å². The minimum absolute atomic E-state index is 0.0702. The van der Waals surface area contributed by atoms with Crippen LogP contribution >= 0.6 is 23.2 Å². The van der Waals surface area contributed by atoms with Crippen LogP contribution in [-0.4, -0.2) is 9.97 Å². The van der Waals surface area contributed by atoms with Crippen LogP contribution in [0.15, 0.2) is 29.3 Å². The molecule has 0 bridgehead atoms. The molecule has 1 aromatic carbocycles. The summed E-state index contributed by atoms with van der Waals surface area (Å²) in [5.41, 5.74) is 0.388. The summed E-state index contributed by atoms with van der Waals surface area (Å²) < 4.78 is 5.45. The fourth-order valence-corrected chi connectivity index (χ4v) is 1.64. The molecule has 0 saturated heterocycles. The minimum Gasteiger partial charge on any atom is -0.437 e. The van der Waals surface area contributed by atoms with Crippen molar-refractivity contribution in [2.75, 3.05) is 0 Å². The van der Waals surface area contributed by atoms with Gasteiger partial charge < -0.3 is 9.72 Å². The average molecular weight is 271 g/mol. The van der Waals surface area contributed by atoms with Gasteiger partial charge in [-0.25, -0.2) is 4.98 Å². The van der Waals surface area contributed by atoms with Crippen molar-refractivity contribution < 1.29 is 4.74 Å². The SMILES string of the molecule is Cc1cc(Cl)ccc1Oc1nc[nH]c(=O)c1Cl. The zero-order valence-corrected chi connectivity index (χ0v) is 10.3. The highest BCUT2D eigenvalue weighted by atomic mass is 35.5. The Kier molecular flexibility index (Phi) is 3.36. The molecular formula is C11H8Cl2N2O2. The molecule has 0 aliphatic heterocycles. The number of hydrogen-bond acceptors (Lipinski definition) is 3. The van der Waals surface area contributed by atoms with E-state index in [9.17, 15) is 4.79 Å². The Balaban J connectivity index is 2.38. The molecule has 0 aliphatic carbocycles. The molecule has 17 heavy (non-hydrogen) atoms. The number of H-pyrrole nitrogens is 1. The second kappa shape index (κ2) is 4.77. The third-order valence-corrected chi connectivity index (χ3v) is 2.68. The molecule has 1 aromatic heterocycles. The van der Waals surface area contributed by atoms with Gasteiger partial charge >= 0.3 is 0 Å². The predicted octanol–water partition coefficient (Wildman–Crippen LogP) is 3.18. The Morgan fingerprint density at radius 3 is 2.82 bits per heavy atom. The fraction of sp³-hybridized carbons (Fsp3) is 0.0909. The molecule has 0 amide bonds. The number of nitrogens with zero attached hydrogens (tertiary/aromatic N) is 1. The summed E-state index contributed by atoms with van der Waals surface area (Å²) in [6, 6.07) is 5.12. The average Bonchev–Trinajstić information content (AvgIpc) is 2.28. The molecule has 0 radical (unpaired) electrons. The van der Waals surface area contributed by atoms with E-state index in [1.54, 1.807) is 18.2 Å². The number of nitrogens with one attached hydrogen (secondary N) is 1. The minimum atomic E-state index is -0.441. The number of aryl methyl sites for hydroxylation is 1. The first-order valence-corrected chi connectivity index (χ1v) is 5.50. The second-order valence-corrected chi connectivity index (χ2v) is 4.18. The van der Waals surface area contributed by atoms with Crippen LogP contribution in [0.3, 0.4) is 0 Å². The van der Waals surface area contributed by atoms with E-state index < -0.39 is 5.56 Å². The van der Waals surface area contributed by atoms with Gasteiger partial charge in [-0.05, 0) is 30.7 Å². The molecule has 4 nitrogen and oxygen atoms in total. The summed E-state index contributed by atoms with van der Waals surface area (Å²) in [4.78, 5) is 17.4. The van der Waals surface area contributed by atoms with Crippen molar-refractivity contribution >= 4 is 23.2 Å². The Labute approximate surface area is 107 Å². The number of rotatable bonds is 2. The second-order valence-electron chi connectivity index (χ2n) is 3.36. The summed E-state index contributed by atoms with van der Waals surface area (Å²) in [5, 5.41) is 0.529. The molecule has 0 spiro atoms. The zero-order valence-electron chi connectivity index (χ0n) is 8.83. The maximum Gasteiger partial charge on any atom is 0.273 e. The fourth-order valence-electron chi connectivity index (χ4n) is 1.27. The number of halogens is 2. The molecule has 1 heterocycles. The van der Waals surface area contributed by atoms with Crippen LogP contribution < -0.4 is 10.3 Å². The molecule has 1 N–H and O–H groups in total. The standard InChI is InChI=1S/C11H8Cl2N2O2/c1-6-4-7(12)2-3-8(6)17-11-9(13)10(16)14-5-15-11/h2-5H,1H3,(H,14,15,16). The number of ether oxygens (including phenoxy) is 1. The first kappa shape index (κ1) is 12.0. The Hall–Kier alpha value is -1.52. The van der Waals surface area contributed by atoms with E-state index in [4.69, 9.17) is 27.9 Å². The van der Waals surface area contributed by atoms with Crippen LogP contribution in [0.1, 0.15) is 5.56 Å². The van der Waals surface area contributed by atoms with Crippen LogP contribution in [0.2, 0.25) is 10.0 Å². The third-order valence-electron chi connectivity index (χ3n) is 2.11. The predicted molar refractivity (Wildman–Crippen MR) is 66.1 cm³/mol. The Morgan fingerprint density at radius 1 is 1.35 bits per heavy atom. The largest absolute Gasteiger partial charge is 0.437 e. The molecule has 0 atom stereocenters. The van der Waals surface area contributed by atoms with Gasteiger partial charge in [0.1, 0.15) is 5.75 Å². The maximum absolute atomic E-state index is 11.2. The van der Waals surface area contributed by atoms with Crippen LogP contribution in [0.5, 0.6) is 11.6 Å². The highest BCUT2D eigenvalue weighted by Crippen LogP contribution is 2.28. The third kappa shape index (κ3) is 2.60. The van der Waals surface area contributed by atoms with E-state index in [2.05, 4.69) is 9.97 Å². The summed E-state index contributed by atoms with van der Waals surface area (Å²) in [6.45, 7) is 1.84. The molecule has 2 rings (SSSR count). The van der Waals surface area contributed by atoms with Gasteiger partial charge in [-0.2, -0.15) is 0 Å².